The zero-order valence-corrected chi connectivity index (χ0v) is 20.4. The molecule has 1 aliphatic heterocycles. The van der Waals surface area contributed by atoms with Gasteiger partial charge in [0.15, 0.2) is 9.84 Å². The molecule has 3 heterocycles. The first kappa shape index (κ1) is 23.2. The Labute approximate surface area is 193 Å². The average Bonchev–Trinajstić information content (AvgIpc) is 2.78. The summed E-state index contributed by atoms with van der Waals surface area (Å²) in [5.41, 5.74) is 3.61. The fourth-order valence-corrected chi connectivity index (χ4v) is 5.06. The number of benzene rings is 1. The van der Waals surface area contributed by atoms with Crippen molar-refractivity contribution >= 4 is 32.4 Å². The summed E-state index contributed by atoms with van der Waals surface area (Å²) in [5, 5.41) is 3.86. The molecule has 10 heteroatoms. The number of sulfone groups is 1. The van der Waals surface area contributed by atoms with Crippen LogP contribution < -0.4 is 15.8 Å². The molecule has 0 saturated carbocycles. The largest absolute Gasteiger partial charge is 0.378 e. The minimum Gasteiger partial charge on any atom is -0.378 e. The van der Waals surface area contributed by atoms with E-state index in [0.717, 1.165) is 16.7 Å². The quantitative estimate of drug-likeness (QED) is 0.604. The molecule has 0 amide bonds. The maximum atomic E-state index is 13.4. The van der Waals surface area contributed by atoms with Crippen LogP contribution in [0.4, 0.5) is 11.6 Å². The summed E-state index contributed by atoms with van der Waals surface area (Å²) < 4.78 is 31.6. The second-order valence-corrected chi connectivity index (χ2v) is 10.5. The van der Waals surface area contributed by atoms with Gasteiger partial charge in [0.1, 0.15) is 0 Å². The number of ether oxygens (including phenoxy) is 1. The fourth-order valence-electron chi connectivity index (χ4n) is 4.25. The highest BCUT2D eigenvalue weighted by Crippen LogP contribution is 2.31. The van der Waals surface area contributed by atoms with Crippen LogP contribution in [-0.4, -0.2) is 55.5 Å². The average molecular weight is 472 g/mol. The van der Waals surface area contributed by atoms with Crippen LogP contribution in [0.1, 0.15) is 29.7 Å². The van der Waals surface area contributed by atoms with E-state index >= 15 is 0 Å². The van der Waals surface area contributed by atoms with Crippen LogP contribution in [0.2, 0.25) is 0 Å². The molecular weight excluding hydrogens is 442 g/mol. The molecule has 1 atom stereocenters. The van der Waals surface area contributed by atoms with Gasteiger partial charge in [-0.1, -0.05) is 6.07 Å². The second-order valence-electron chi connectivity index (χ2n) is 8.52. The molecule has 1 aliphatic rings. The van der Waals surface area contributed by atoms with Crippen LogP contribution >= 0.6 is 0 Å². The predicted octanol–water partition coefficient (Wildman–Crippen LogP) is 2.36. The van der Waals surface area contributed by atoms with Crippen LogP contribution in [0.3, 0.4) is 0 Å². The second kappa shape index (κ2) is 8.75. The lowest BCUT2D eigenvalue weighted by atomic mass is 9.96. The summed E-state index contributed by atoms with van der Waals surface area (Å²) in [6.07, 6.45) is 4.13. The number of nitrogens with zero attached hydrogens (tertiary/aromatic N) is 4. The van der Waals surface area contributed by atoms with Gasteiger partial charge in [-0.25, -0.2) is 13.4 Å². The van der Waals surface area contributed by atoms with Crippen LogP contribution in [0.25, 0.3) is 10.9 Å². The molecular formula is C23H29N5O4S. The van der Waals surface area contributed by atoms with Gasteiger partial charge < -0.3 is 15.0 Å². The van der Waals surface area contributed by atoms with Crippen molar-refractivity contribution in [2.75, 3.05) is 42.8 Å². The van der Waals surface area contributed by atoms with Crippen molar-refractivity contribution < 1.29 is 13.2 Å². The highest BCUT2D eigenvalue weighted by Gasteiger charge is 2.23. The van der Waals surface area contributed by atoms with Crippen LogP contribution in [0, 0.1) is 13.8 Å². The van der Waals surface area contributed by atoms with Gasteiger partial charge >= 0.3 is 0 Å². The number of aromatic nitrogens is 3. The van der Waals surface area contributed by atoms with E-state index < -0.39 is 9.84 Å². The maximum absolute atomic E-state index is 13.4. The zero-order chi connectivity index (χ0) is 23.9. The summed E-state index contributed by atoms with van der Waals surface area (Å²) >= 11 is 0. The molecule has 9 nitrogen and oxygen atoms in total. The predicted molar refractivity (Wildman–Crippen MR) is 129 cm³/mol. The highest BCUT2D eigenvalue weighted by molar-refractivity contribution is 7.90. The third kappa shape index (κ3) is 4.32. The molecule has 1 fully saturated rings. The molecule has 176 valence electrons. The third-order valence-electron chi connectivity index (χ3n) is 6.19. The number of fused-ring (bicyclic) bond motifs is 1. The van der Waals surface area contributed by atoms with E-state index in [2.05, 4.69) is 15.2 Å². The highest BCUT2D eigenvalue weighted by atomic mass is 32.2. The molecule has 1 saturated heterocycles. The van der Waals surface area contributed by atoms with E-state index in [-0.39, 0.29) is 16.5 Å². The van der Waals surface area contributed by atoms with Gasteiger partial charge in [0.05, 0.1) is 46.9 Å². The Morgan fingerprint density at radius 3 is 2.58 bits per heavy atom. The summed E-state index contributed by atoms with van der Waals surface area (Å²) in [7, 11) is -1.70. The van der Waals surface area contributed by atoms with Crippen molar-refractivity contribution in [1.29, 1.82) is 0 Å². The van der Waals surface area contributed by atoms with Gasteiger partial charge in [-0.05, 0) is 38.0 Å². The van der Waals surface area contributed by atoms with E-state index in [1.54, 1.807) is 11.6 Å². The number of rotatable bonds is 5. The van der Waals surface area contributed by atoms with Gasteiger partial charge in [0, 0.05) is 38.2 Å². The monoisotopic (exact) mass is 471 g/mol. The molecule has 0 radical (unpaired) electrons. The van der Waals surface area contributed by atoms with Crippen molar-refractivity contribution in [3.63, 3.8) is 0 Å². The number of hydrogen-bond donors (Lipinski definition) is 1. The first-order chi connectivity index (χ1) is 15.6. The summed E-state index contributed by atoms with van der Waals surface area (Å²) in [5.74, 6) is 0.603. The standard InChI is InChI=1S/C23H29N5O4S/c1-14-12-17(16(3)25-18-13-24-7-6-19(18)33(5,30)31)21-20(15(14)2)22(29)27(4)23(26-21)28-8-10-32-11-9-28/h6-7,12-13,16,25H,8-11H2,1-5H3/t16-/m1/s1. The summed E-state index contributed by atoms with van der Waals surface area (Å²) in [6, 6.07) is 3.17. The van der Waals surface area contributed by atoms with Gasteiger partial charge in [-0.15, -0.1) is 0 Å². The van der Waals surface area contributed by atoms with E-state index in [0.29, 0.717) is 48.8 Å². The number of hydrogen-bond acceptors (Lipinski definition) is 8. The Bertz CT molecular complexity index is 1380. The van der Waals surface area contributed by atoms with Crippen molar-refractivity contribution in [3.05, 3.63) is 51.6 Å². The smallest absolute Gasteiger partial charge is 0.262 e. The first-order valence-corrected chi connectivity index (χ1v) is 12.7. The Kier molecular flexibility index (Phi) is 6.15. The van der Waals surface area contributed by atoms with E-state index in [1.807, 2.05) is 26.8 Å². The Morgan fingerprint density at radius 1 is 1.21 bits per heavy atom. The molecule has 0 bridgehead atoms. The van der Waals surface area contributed by atoms with Crippen molar-refractivity contribution in [2.24, 2.45) is 7.05 Å². The number of morpholine rings is 1. The topological polar surface area (TPSA) is 106 Å². The van der Waals surface area contributed by atoms with Gasteiger partial charge in [-0.3, -0.25) is 14.3 Å². The van der Waals surface area contributed by atoms with E-state index in [1.165, 1.54) is 24.7 Å². The van der Waals surface area contributed by atoms with Crippen LogP contribution in [0.15, 0.2) is 34.2 Å². The first-order valence-electron chi connectivity index (χ1n) is 10.8. The van der Waals surface area contributed by atoms with Crippen molar-refractivity contribution in [3.8, 4) is 0 Å². The molecule has 33 heavy (non-hydrogen) atoms. The molecule has 1 aromatic carbocycles. The van der Waals surface area contributed by atoms with Crippen molar-refractivity contribution in [2.45, 2.75) is 31.7 Å². The SMILES string of the molecule is Cc1cc([C@@H](C)Nc2cnccc2S(C)(=O)=O)c2nc(N3CCOCC3)n(C)c(=O)c2c1C. The van der Waals surface area contributed by atoms with E-state index in [9.17, 15) is 13.2 Å². The number of aryl methyl sites for hydroxylation is 2. The number of nitrogens with one attached hydrogen (secondary N) is 1. The summed E-state index contributed by atoms with van der Waals surface area (Å²) in [6.45, 7) is 8.31. The molecule has 0 unspecified atom stereocenters. The number of anilines is 2. The molecule has 0 aliphatic carbocycles. The maximum Gasteiger partial charge on any atom is 0.262 e. The normalized spacial score (nSPS) is 15.6. The van der Waals surface area contributed by atoms with Gasteiger partial charge in [0.2, 0.25) is 5.95 Å². The zero-order valence-electron chi connectivity index (χ0n) is 19.5. The molecule has 3 aromatic rings. The van der Waals surface area contributed by atoms with Crippen LogP contribution in [0.5, 0.6) is 0 Å². The molecule has 0 spiro atoms. The van der Waals surface area contributed by atoms with Gasteiger partial charge in [-0.2, -0.15) is 0 Å². The van der Waals surface area contributed by atoms with E-state index in [4.69, 9.17) is 9.72 Å². The number of pyridine rings is 1. The lowest BCUT2D eigenvalue weighted by Crippen LogP contribution is -2.40. The fraction of sp³-hybridized carbons (Fsp3) is 0.435. The third-order valence-corrected chi connectivity index (χ3v) is 7.35. The van der Waals surface area contributed by atoms with Crippen molar-refractivity contribution in [1.82, 2.24) is 14.5 Å². The Balaban J connectivity index is 1.88. The Hall–Kier alpha value is -2.98. The minimum absolute atomic E-state index is 0.102. The molecule has 2 aromatic heterocycles. The lowest BCUT2D eigenvalue weighted by Gasteiger charge is -2.29. The van der Waals surface area contributed by atoms with Crippen LogP contribution in [-0.2, 0) is 21.6 Å². The Morgan fingerprint density at radius 2 is 1.91 bits per heavy atom. The minimum atomic E-state index is -3.44. The molecule has 1 N–H and O–H groups in total. The lowest BCUT2D eigenvalue weighted by molar-refractivity contribution is 0.121. The molecule has 4 rings (SSSR count). The van der Waals surface area contributed by atoms with Gasteiger partial charge in [0.25, 0.3) is 5.56 Å². The summed E-state index contributed by atoms with van der Waals surface area (Å²) in [4.78, 5) is 24.7.